The van der Waals surface area contributed by atoms with Gasteiger partial charge in [-0.1, -0.05) is 25.5 Å². The Kier molecular flexibility index (Phi) is 3.70. The summed E-state index contributed by atoms with van der Waals surface area (Å²) in [4.78, 5) is 16.1. The maximum Gasteiger partial charge on any atom is 0.251 e. The molecule has 0 aliphatic heterocycles. The van der Waals surface area contributed by atoms with E-state index >= 15 is 0 Å². The molecular formula is C14H16N2O. The number of unbranched alkanes of at least 4 members (excludes halogenated alkanes) is 1. The van der Waals surface area contributed by atoms with E-state index in [9.17, 15) is 4.79 Å². The Morgan fingerprint density at radius 3 is 3.06 bits per heavy atom. The van der Waals surface area contributed by atoms with Crippen LogP contribution in [0.2, 0.25) is 0 Å². The van der Waals surface area contributed by atoms with Gasteiger partial charge in [0.25, 0.3) is 5.91 Å². The fourth-order valence-corrected chi connectivity index (χ4v) is 1.79. The van der Waals surface area contributed by atoms with Crippen LogP contribution in [0, 0.1) is 0 Å². The van der Waals surface area contributed by atoms with Crippen LogP contribution in [0.5, 0.6) is 0 Å². The summed E-state index contributed by atoms with van der Waals surface area (Å²) >= 11 is 0. The van der Waals surface area contributed by atoms with E-state index in [-0.39, 0.29) is 5.91 Å². The highest BCUT2D eigenvalue weighted by Gasteiger charge is 2.08. The van der Waals surface area contributed by atoms with E-state index in [1.54, 1.807) is 12.4 Å². The van der Waals surface area contributed by atoms with Crippen molar-refractivity contribution < 1.29 is 4.79 Å². The average Bonchev–Trinajstić information content (AvgIpc) is 2.38. The molecule has 88 valence electrons. The van der Waals surface area contributed by atoms with Crippen LogP contribution in [0.15, 0.2) is 36.7 Å². The first-order chi connectivity index (χ1) is 8.33. The number of hydrogen-bond donors (Lipinski definition) is 1. The van der Waals surface area contributed by atoms with Gasteiger partial charge in [-0.2, -0.15) is 0 Å². The van der Waals surface area contributed by atoms with Crippen LogP contribution in [0.3, 0.4) is 0 Å². The van der Waals surface area contributed by atoms with Crippen LogP contribution >= 0.6 is 0 Å². The number of aromatic nitrogens is 1. The highest BCUT2D eigenvalue weighted by atomic mass is 16.1. The van der Waals surface area contributed by atoms with Crippen molar-refractivity contribution >= 4 is 16.7 Å². The molecule has 0 radical (unpaired) electrons. The van der Waals surface area contributed by atoms with Crippen molar-refractivity contribution in [2.45, 2.75) is 19.8 Å². The van der Waals surface area contributed by atoms with E-state index in [0.29, 0.717) is 0 Å². The number of fused-ring (bicyclic) bond motifs is 1. The van der Waals surface area contributed by atoms with Crippen LogP contribution < -0.4 is 5.32 Å². The Morgan fingerprint density at radius 2 is 2.24 bits per heavy atom. The predicted octanol–water partition coefficient (Wildman–Crippen LogP) is 2.76. The van der Waals surface area contributed by atoms with Crippen molar-refractivity contribution in [3.8, 4) is 0 Å². The van der Waals surface area contributed by atoms with E-state index in [1.165, 1.54) is 0 Å². The Labute approximate surface area is 101 Å². The number of carbonyl (C=O) groups excluding carboxylic acids is 1. The van der Waals surface area contributed by atoms with Crippen LogP contribution in [0.25, 0.3) is 10.8 Å². The predicted molar refractivity (Wildman–Crippen MR) is 69.0 cm³/mol. The van der Waals surface area contributed by atoms with Crippen molar-refractivity contribution in [3.63, 3.8) is 0 Å². The summed E-state index contributed by atoms with van der Waals surface area (Å²) in [5.74, 6) is -0.00440. The molecule has 0 aliphatic carbocycles. The highest BCUT2D eigenvalue weighted by Crippen LogP contribution is 2.17. The third kappa shape index (κ3) is 2.61. The molecule has 0 saturated carbocycles. The second-order valence-electron chi connectivity index (χ2n) is 4.01. The van der Waals surface area contributed by atoms with Gasteiger partial charge in [-0.25, -0.2) is 0 Å². The SMILES string of the molecule is CCCCNC(=O)c1cccc2cnccc12. The van der Waals surface area contributed by atoms with E-state index in [0.717, 1.165) is 35.7 Å². The second-order valence-corrected chi connectivity index (χ2v) is 4.01. The van der Waals surface area contributed by atoms with Gasteiger partial charge in [-0.05, 0) is 23.9 Å². The first-order valence-electron chi connectivity index (χ1n) is 5.94. The normalized spacial score (nSPS) is 10.4. The fraction of sp³-hybridized carbons (Fsp3) is 0.286. The monoisotopic (exact) mass is 228 g/mol. The van der Waals surface area contributed by atoms with E-state index in [1.807, 2.05) is 24.3 Å². The van der Waals surface area contributed by atoms with Gasteiger partial charge in [-0.3, -0.25) is 9.78 Å². The first kappa shape index (κ1) is 11.6. The Bertz CT molecular complexity index is 517. The topological polar surface area (TPSA) is 42.0 Å². The van der Waals surface area contributed by atoms with Crippen molar-refractivity contribution in [2.24, 2.45) is 0 Å². The smallest absolute Gasteiger partial charge is 0.251 e. The van der Waals surface area contributed by atoms with Gasteiger partial charge < -0.3 is 5.32 Å². The summed E-state index contributed by atoms with van der Waals surface area (Å²) in [7, 11) is 0. The van der Waals surface area contributed by atoms with Crippen molar-refractivity contribution in [2.75, 3.05) is 6.54 Å². The third-order valence-corrected chi connectivity index (χ3v) is 2.74. The molecule has 0 spiro atoms. The van der Waals surface area contributed by atoms with Crippen LogP contribution in [0.1, 0.15) is 30.1 Å². The Balaban J connectivity index is 2.26. The lowest BCUT2D eigenvalue weighted by atomic mass is 10.1. The van der Waals surface area contributed by atoms with Gasteiger partial charge >= 0.3 is 0 Å². The summed E-state index contributed by atoms with van der Waals surface area (Å²) in [6, 6.07) is 7.58. The summed E-state index contributed by atoms with van der Waals surface area (Å²) in [6.45, 7) is 2.84. The second kappa shape index (κ2) is 5.43. The standard InChI is InChI=1S/C14H16N2O/c1-2-3-8-16-14(17)13-6-4-5-11-10-15-9-7-12(11)13/h4-7,9-10H,2-3,8H2,1H3,(H,16,17). The van der Waals surface area contributed by atoms with Gasteiger partial charge in [-0.15, -0.1) is 0 Å². The number of carbonyl (C=O) groups is 1. The quantitative estimate of drug-likeness (QED) is 0.817. The van der Waals surface area contributed by atoms with Crippen LogP contribution in [0.4, 0.5) is 0 Å². The van der Waals surface area contributed by atoms with Gasteiger partial charge in [0, 0.05) is 29.9 Å². The Hall–Kier alpha value is -1.90. The van der Waals surface area contributed by atoms with Gasteiger partial charge in [0.15, 0.2) is 0 Å². The van der Waals surface area contributed by atoms with Gasteiger partial charge in [0.05, 0.1) is 0 Å². The molecular weight excluding hydrogens is 212 g/mol. The maximum absolute atomic E-state index is 12.0. The number of nitrogens with one attached hydrogen (secondary N) is 1. The molecule has 1 amide bonds. The number of amides is 1. The molecule has 3 heteroatoms. The molecule has 0 bridgehead atoms. The average molecular weight is 228 g/mol. The third-order valence-electron chi connectivity index (χ3n) is 2.74. The lowest BCUT2D eigenvalue weighted by Crippen LogP contribution is -2.24. The number of pyridine rings is 1. The molecule has 1 aromatic heterocycles. The molecule has 0 saturated heterocycles. The molecule has 17 heavy (non-hydrogen) atoms. The summed E-state index contributed by atoms with van der Waals surface area (Å²) < 4.78 is 0. The Morgan fingerprint density at radius 1 is 1.35 bits per heavy atom. The minimum atomic E-state index is -0.00440. The van der Waals surface area contributed by atoms with Crippen molar-refractivity contribution in [1.82, 2.24) is 10.3 Å². The highest BCUT2D eigenvalue weighted by molar-refractivity contribution is 6.06. The minimum absolute atomic E-state index is 0.00440. The fourth-order valence-electron chi connectivity index (χ4n) is 1.79. The molecule has 3 nitrogen and oxygen atoms in total. The van der Waals surface area contributed by atoms with Gasteiger partial charge in [0.2, 0.25) is 0 Å². The van der Waals surface area contributed by atoms with E-state index < -0.39 is 0 Å². The van der Waals surface area contributed by atoms with Crippen LogP contribution in [-0.2, 0) is 0 Å². The lowest BCUT2D eigenvalue weighted by molar-refractivity contribution is 0.0955. The number of rotatable bonds is 4. The van der Waals surface area contributed by atoms with Crippen molar-refractivity contribution in [3.05, 3.63) is 42.2 Å². The van der Waals surface area contributed by atoms with Gasteiger partial charge in [0.1, 0.15) is 0 Å². The summed E-state index contributed by atoms with van der Waals surface area (Å²) in [6.07, 6.45) is 5.58. The first-order valence-corrected chi connectivity index (χ1v) is 5.94. The molecule has 0 aliphatic rings. The summed E-state index contributed by atoms with van der Waals surface area (Å²) in [5.41, 5.74) is 0.723. The molecule has 1 aromatic carbocycles. The summed E-state index contributed by atoms with van der Waals surface area (Å²) in [5, 5.41) is 4.88. The molecule has 0 fully saturated rings. The molecule has 0 atom stereocenters. The zero-order valence-electron chi connectivity index (χ0n) is 9.94. The molecule has 2 rings (SSSR count). The molecule has 1 heterocycles. The van der Waals surface area contributed by atoms with E-state index in [2.05, 4.69) is 17.2 Å². The largest absolute Gasteiger partial charge is 0.352 e. The molecule has 1 N–H and O–H groups in total. The lowest BCUT2D eigenvalue weighted by Gasteiger charge is -2.07. The zero-order valence-corrected chi connectivity index (χ0v) is 9.94. The number of nitrogens with zero attached hydrogens (tertiary/aromatic N) is 1. The van der Waals surface area contributed by atoms with Crippen LogP contribution in [-0.4, -0.2) is 17.4 Å². The maximum atomic E-state index is 12.0. The zero-order chi connectivity index (χ0) is 12.1. The van der Waals surface area contributed by atoms with Crippen molar-refractivity contribution in [1.29, 1.82) is 0 Å². The number of hydrogen-bond acceptors (Lipinski definition) is 2. The molecule has 0 unspecified atom stereocenters. The minimum Gasteiger partial charge on any atom is -0.352 e. The number of benzene rings is 1. The van der Waals surface area contributed by atoms with E-state index in [4.69, 9.17) is 0 Å². The molecule has 2 aromatic rings.